The Morgan fingerprint density at radius 2 is 2.08 bits per heavy atom. The van der Waals surface area contributed by atoms with Gasteiger partial charge in [-0.05, 0) is 34.1 Å². The minimum Gasteiger partial charge on any atom is -0.493 e. The number of methoxy groups -OCH3 is 1. The molecule has 128 valence electrons. The molecule has 9 heteroatoms. The van der Waals surface area contributed by atoms with Crippen LogP contribution in [-0.2, 0) is 4.79 Å². The SMILES string of the molecule is COc1cc(C#N)ccc1OCC(=O)Nc1ccc([N+](=O)[O-])cc1Br. The van der Waals surface area contributed by atoms with Gasteiger partial charge in [0, 0.05) is 22.7 Å². The number of nitriles is 1. The van der Waals surface area contributed by atoms with Gasteiger partial charge in [0.2, 0.25) is 0 Å². The molecule has 0 heterocycles. The number of carbonyl (C=O) groups excluding carboxylic acids is 1. The molecule has 1 N–H and O–H groups in total. The number of hydrogen-bond acceptors (Lipinski definition) is 6. The highest BCUT2D eigenvalue weighted by Gasteiger charge is 2.13. The van der Waals surface area contributed by atoms with Crippen molar-refractivity contribution in [1.29, 1.82) is 5.26 Å². The molecule has 0 spiro atoms. The summed E-state index contributed by atoms with van der Waals surface area (Å²) in [5.74, 6) is 0.198. The van der Waals surface area contributed by atoms with Crippen LogP contribution in [0.5, 0.6) is 11.5 Å². The van der Waals surface area contributed by atoms with E-state index in [1.54, 1.807) is 6.07 Å². The number of amides is 1. The van der Waals surface area contributed by atoms with Crippen molar-refractivity contribution in [2.24, 2.45) is 0 Å². The van der Waals surface area contributed by atoms with E-state index in [4.69, 9.17) is 14.7 Å². The lowest BCUT2D eigenvalue weighted by Crippen LogP contribution is -2.20. The minimum atomic E-state index is -0.531. The molecule has 25 heavy (non-hydrogen) atoms. The summed E-state index contributed by atoms with van der Waals surface area (Å²) in [4.78, 5) is 22.2. The lowest BCUT2D eigenvalue weighted by molar-refractivity contribution is -0.384. The summed E-state index contributed by atoms with van der Waals surface area (Å²) in [6.45, 7) is -0.300. The third-order valence-corrected chi connectivity index (χ3v) is 3.75. The Balaban J connectivity index is 2.02. The zero-order valence-electron chi connectivity index (χ0n) is 13.0. The molecule has 1 amide bonds. The Kier molecular flexibility index (Phi) is 5.92. The van der Waals surface area contributed by atoms with Crippen LogP contribution in [0.15, 0.2) is 40.9 Å². The molecule has 0 aliphatic carbocycles. The standard InChI is InChI=1S/C16H12BrN3O5/c1-24-15-6-10(8-18)2-5-14(15)25-9-16(21)19-13-4-3-11(20(22)23)7-12(13)17/h2-7H,9H2,1H3,(H,19,21). The van der Waals surface area contributed by atoms with E-state index in [9.17, 15) is 14.9 Å². The zero-order valence-corrected chi connectivity index (χ0v) is 14.6. The predicted molar refractivity (Wildman–Crippen MR) is 92.6 cm³/mol. The number of ether oxygens (including phenoxy) is 2. The fourth-order valence-electron chi connectivity index (χ4n) is 1.90. The third kappa shape index (κ3) is 4.68. The summed E-state index contributed by atoms with van der Waals surface area (Å²) in [6, 6.07) is 10.5. The fourth-order valence-corrected chi connectivity index (χ4v) is 2.37. The van der Waals surface area contributed by atoms with E-state index >= 15 is 0 Å². The van der Waals surface area contributed by atoms with Crippen molar-refractivity contribution in [3.8, 4) is 17.6 Å². The lowest BCUT2D eigenvalue weighted by atomic mass is 10.2. The normalized spacial score (nSPS) is 9.80. The molecule has 0 radical (unpaired) electrons. The van der Waals surface area contributed by atoms with Gasteiger partial charge in [0.1, 0.15) is 0 Å². The van der Waals surface area contributed by atoms with E-state index in [-0.39, 0.29) is 12.3 Å². The van der Waals surface area contributed by atoms with Crippen molar-refractivity contribution in [1.82, 2.24) is 0 Å². The quantitative estimate of drug-likeness (QED) is 0.582. The number of non-ortho nitro benzene ring substituents is 1. The van der Waals surface area contributed by atoms with Crippen molar-refractivity contribution in [3.63, 3.8) is 0 Å². The van der Waals surface area contributed by atoms with Gasteiger partial charge in [-0.15, -0.1) is 0 Å². The molecule has 0 saturated carbocycles. The second kappa shape index (κ2) is 8.12. The maximum atomic E-state index is 12.0. The largest absolute Gasteiger partial charge is 0.493 e. The van der Waals surface area contributed by atoms with Crippen LogP contribution in [0.2, 0.25) is 0 Å². The third-order valence-electron chi connectivity index (χ3n) is 3.09. The van der Waals surface area contributed by atoms with E-state index < -0.39 is 10.8 Å². The Morgan fingerprint density at radius 3 is 2.68 bits per heavy atom. The summed E-state index contributed by atoms with van der Waals surface area (Å²) in [5.41, 5.74) is 0.692. The molecule has 2 aromatic rings. The highest BCUT2D eigenvalue weighted by Crippen LogP contribution is 2.29. The number of nitro benzene ring substituents is 1. The molecule has 0 aliphatic heterocycles. The molecule has 0 fully saturated rings. The number of anilines is 1. The molecule has 0 atom stereocenters. The monoisotopic (exact) mass is 405 g/mol. The van der Waals surface area contributed by atoms with Crippen molar-refractivity contribution >= 4 is 33.2 Å². The van der Waals surface area contributed by atoms with Gasteiger partial charge in [0.15, 0.2) is 18.1 Å². The molecule has 0 aromatic heterocycles. The van der Waals surface area contributed by atoms with E-state index in [0.29, 0.717) is 27.2 Å². The Labute approximate surface area is 151 Å². The molecule has 8 nitrogen and oxygen atoms in total. The first kappa shape index (κ1) is 18.2. The number of halogens is 1. The molecular formula is C16H12BrN3O5. The molecule has 0 bridgehead atoms. The number of hydrogen-bond donors (Lipinski definition) is 1. The highest BCUT2D eigenvalue weighted by atomic mass is 79.9. The van der Waals surface area contributed by atoms with Gasteiger partial charge < -0.3 is 14.8 Å². The number of nitrogens with one attached hydrogen (secondary N) is 1. The van der Waals surface area contributed by atoms with E-state index in [0.717, 1.165) is 0 Å². The van der Waals surface area contributed by atoms with Crippen LogP contribution < -0.4 is 14.8 Å². The van der Waals surface area contributed by atoms with Crippen molar-refractivity contribution in [2.75, 3.05) is 19.0 Å². The van der Waals surface area contributed by atoms with Gasteiger partial charge in [0.25, 0.3) is 11.6 Å². The first-order chi connectivity index (χ1) is 11.9. The number of benzene rings is 2. The lowest BCUT2D eigenvalue weighted by Gasteiger charge is -2.11. The van der Waals surface area contributed by atoms with Crippen molar-refractivity contribution in [2.45, 2.75) is 0 Å². The van der Waals surface area contributed by atoms with E-state index in [1.807, 2.05) is 6.07 Å². The fraction of sp³-hybridized carbons (Fsp3) is 0.125. The first-order valence-electron chi connectivity index (χ1n) is 6.89. The Hall–Kier alpha value is -3.12. The Bertz CT molecular complexity index is 863. The number of carbonyl (C=O) groups is 1. The van der Waals surface area contributed by atoms with Gasteiger partial charge in [-0.3, -0.25) is 14.9 Å². The zero-order chi connectivity index (χ0) is 18.4. The van der Waals surface area contributed by atoms with E-state index in [2.05, 4.69) is 21.2 Å². The maximum Gasteiger partial charge on any atom is 0.270 e. The van der Waals surface area contributed by atoms with Gasteiger partial charge in [-0.2, -0.15) is 5.26 Å². The average Bonchev–Trinajstić information content (AvgIpc) is 2.61. The van der Waals surface area contributed by atoms with Gasteiger partial charge >= 0.3 is 0 Å². The number of rotatable bonds is 6. The molecule has 2 rings (SSSR count). The topological polar surface area (TPSA) is 114 Å². The van der Waals surface area contributed by atoms with Crippen LogP contribution in [0.1, 0.15) is 5.56 Å². The second-order valence-corrected chi connectivity index (χ2v) is 5.59. The molecule has 0 unspecified atom stereocenters. The maximum absolute atomic E-state index is 12.0. The van der Waals surface area contributed by atoms with Gasteiger partial charge in [0.05, 0.1) is 29.4 Å². The van der Waals surface area contributed by atoms with Crippen LogP contribution in [0.25, 0.3) is 0 Å². The van der Waals surface area contributed by atoms with Crippen LogP contribution in [0.4, 0.5) is 11.4 Å². The molecule has 0 saturated heterocycles. The Morgan fingerprint density at radius 1 is 1.32 bits per heavy atom. The predicted octanol–water partition coefficient (Wildman–Crippen LogP) is 3.26. The number of nitrogens with zero attached hydrogens (tertiary/aromatic N) is 2. The molecular weight excluding hydrogens is 394 g/mol. The number of nitro groups is 1. The second-order valence-electron chi connectivity index (χ2n) is 4.74. The minimum absolute atomic E-state index is 0.0940. The van der Waals surface area contributed by atoms with Crippen LogP contribution in [0.3, 0.4) is 0 Å². The van der Waals surface area contributed by atoms with Crippen molar-refractivity contribution < 1.29 is 19.2 Å². The summed E-state index contributed by atoms with van der Waals surface area (Å²) < 4.78 is 10.9. The van der Waals surface area contributed by atoms with Crippen LogP contribution >= 0.6 is 15.9 Å². The molecule has 0 aliphatic rings. The van der Waals surface area contributed by atoms with Crippen molar-refractivity contribution in [3.05, 3.63) is 56.5 Å². The smallest absolute Gasteiger partial charge is 0.270 e. The van der Waals surface area contributed by atoms with Crippen LogP contribution in [0, 0.1) is 21.4 Å². The highest BCUT2D eigenvalue weighted by molar-refractivity contribution is 9.10. The molecule has 2 aromatic carbocycles. The summed E-state index contributed by atoms with van der Waals surface area (Å²) in [5, 5.41) is 22.1. The van der Waals surface area contributed by atoms with Gasteiger partial charge in [-0.25, -0.2) is 0 Å². The summed E-state index contributed by atoms with van der Waals surface area (Å²) in [6.07, 6.45) is 0. The average molecular weight is 406 g/mol. The summed E-state index contributed by atoms with van der Waals surface area (Å²) in [7, 11) is 1.43. The van der Waals surface area contributed by atoms with Crippen LogP contribution in [-0.4, -0.2) is 24.5 Å². The summed E-state index contributed by atoms with van der Waals surface area (Å²) >= 11 is 3.17. The van der Waals surface area contributed by atoms with E-state index in [1.165, 1.54) is 37.4 Å². The van der Waals surface area contributed by atoms with Gasteiger partial charge in [-0.1, -0.05) is 0 Å². The first-order valence-corrected chi connectivity index (χ1v) is 7.68.